The van der Waals surface area contributed by atoms with E-state index in [-0.39, 0.29) is 4.83 Å². The maximum atomic E-state index is 11.8. The number of halogens is 1. The van der Waals surface area contributed by atoms with Crippen LogP contribution >= 0.6 is 15.9 Å². The average molecular weight is 258 g/mol. The van der Waals surface area contributed by atoms with Crippen LogP contribution in [0.1, 0.15) is 32.1 Å². The number of alkyl halides is 1. The summed E-state index contributed by atoms with van der Waals surface area (Å²) in [5.74, 6) is 1.18. The monoisotopic (exact) mass is 257 g/mol. The van der Waals surface area contributed by atoms with Crippen LogP contribution in [0.2, 0.25) is 0 Å². The summed E-state index contributed by atoms with van der Waals surface area (Å²) < 4.78 is 0. The minimum atomic E-state index is 0.102. The zero-order valence-corrected chi connectivity index (χ0v) is 9.92. The maximum absolute atomic E-state index is 11.8. The highest BCUT2D eigenvalue weighted by Gasteiger charge is 2.62. The van der Waals surface area contributed by atoms with Gasteiger partial charge in [-0.1, -0.05) is 15.9 Å². The van der Waals surface area contributed by atoms with Gasteiger partial charge in [0.25, 0.3) is 0 Å². The lowest BCUT2D eigenvalue weighted by atomic mass is 10.1. The number of amides is 1. The number of likely N-dealkylation sites (tertiary alicyclic amines) is 1. The van der Waals surface area contributed by atoms with E-state index in [1.165, 1.54) is 25.7 Å². The van der Waals surface area contributed by atoms with Crippen molar-refractivity contribution in [2.75, 3.05) is 13.1 Å². The van der Waals surface area contributed by atoms with Crippen molar-refractivity contribution in [2.45, 2.75) is 36.9 Å². The fraction of sp³-hybridized carbons (Fsp3) is 0.909. The Balaban J connectivity index is 1.58. The van der Waals surface area contributed by atoms with Crippen LogP contribution in [0.15, 0.2) is 0 Å². The molecule has 3 heteroatoms. The molecule has 2 aliphatic carbocycles. The molecule has 2 saturated carbocycles. The second-order valence-electron chi connectivity index (χ2n) is 5.16. The van der Waals surface area contributed by atoms with Gasteiger partial charge in [-0.2, -0.15) is 0 Å². The van der Waals surface area contributed by atoms with Crippen molar-refractivity contribution in [1.29, 1.82) is 0 Å². The van der Waals surface area contributed by atoms with E-state index in [0.29, 0.717) is 5.91 Å². The van der Waals surface area contributed by atoms with Gasteiger partial charge in [-0.25, -0.2) is 0 Å². The molecule has 14 heavy (non-hydrogen) atoms. The highest BCUT2D eigenvalue weighted by atomic mass is 79.9. The molecule has 3 rings (SSSR count). The first kappa shape index (κ1) is 9.20. The van der Waals surface area contributed by atoms with E-state index in [9.17, 15) is 4.79 Å². The Hall–Kier alpha value is -0.0500. The number of hydrogen-bond donors (Lipinski definition) is 0. The summed E-state index contributed by atoms with van der Waals surface area (Å²) in [6.45, 7) is 2.04. The smallest absolute Gasteiger partial charge is 0.236 e. The second-order valence-corrected chi connectivity index (χ2v) is 6.26. The second kappa shape index (κ2) is 2.97. The molecule has 2 nitrogen and oxygen atoms in total. The first-order chi connectivity index (χ1) is 6.71. The topological polar surface area (TPSA) is 20.3 Å². The standard InChI is InChI=1S/C11H16BrNO/c12-9-2-1-5-13(10(9)14)7-8-6-11(8)3-4-11/h8-9H,1-7H2. The highest BCUT2D eigenvalue weighted by Crippen LogP contribution is 2.70. The molecule has 3 fully saturated rings. The van der Waals surface area contributed by atoms with Gasteiger partial charge in [0.2, 0.25) is 5.91 Å². The van der Waals surface area contributed by atoms with Crippen molar-refractivity contribution in [2.24, 2.45) is 11.3 Å². The summed E-state index contributed by atoms with van der Waals surface area (Å²) in [5, 5.41) is 0. The zero-order chi connectivity index (χ0) is 9.76. The van der Waals surface area contributed by atoms with Crippen LogP contribution in [0.3, 0.4) is 0 Å². The largest absolute Gasteiger partial charge is 0.341 e. The van der Waals surface area contributed by atoms with Gasteiger partial charge in [0.05, 0.1) is 4.83 Å². The fourth-order valence-electron chi connectivity index (χ4n) is 2.80. The van der Waals surface area contributed by atoms with E-state index >= 15 is 0 Å². The van der Waals surface area contributed by atoms with E-state index in [1.807, 2.05) is 0 Å². The summed E-state index contributed by atoms with van der Waals surface area (Å²) in [6.07, 6.45) is 6.44. The van der Waals surface area contributed by atoms with E-state index < -0.39 is 0 Å². The molecule has 1 saturated heterocycles. The lowest BCUT2D eigenvalue weighted by Crippen LogP contribution is -2.42. The number of nitrogens with zero attached hydrogens (tertiary/aromatic N) is 1. The van der Waals surface area contributed by atoms with Crippen molar-refractivity contribution in [3.63, 3.8) is 0 Å². The average Bonchev–Trinajstić information content (AvgIpc) is 3.05. The van der Waals surface area contributed by atoms with Gasteiger partial charge in [-0.3, -0.25) is 4.79 Å². The Morgan fingerprint density at radius 3 is 2.93 bits per heavy atom. The Labute approximate surface area is 93.2 Å². The third-order valence-corrected chi connectivity index (χ3v) is 5.01. The normalized spacial score (nSPS) is 38.9. The van der Waals surface area contributed by atoms with Gasteiger partial charge in [-0.05, 0) is 43.4 Å². The number of piperidine rings is 1. The van der Waals surface area contributed by atoms with Crippen molar-refractivity contribution >= 4 is 21.8 Å². The Morgan fingerprint density at radius 2 is 2.29 bits per heavy atom. The van der Waals surface area contributed by atoms with Crippen molar-refractivity contribution in [3.05, 3.63) is 0 Å². The summed E-state index contributed by atoms with van der Waals surface area (Å²) in [7, 11) is 0. The summed E-state index contributed by atoms with van der Waals surface area (Å²) in [5.41, 5.74) is 0.736. The predicted octanol–water partition coefficient (Wildman–Crippen LogP) is 2.17. The van der Waals surface area contributed by atoms with Gasteiger partial charge in [0.15, 0.2) is 0 Å². The van der Waals surface area contributed by atoms with E-state index in [0.717, 1.165) is 30.8 Å². The van der Waals surface area contributed by atoms with E-state index in [2.05, 4.69) is 20.8 Å². The molecule has 0 radical (unpaired) electrons. The zero-order valence-electron chi connectivity index (χ0n) is 8.34. The molecular formula is C11H16BrNO. The van der Waals surface area contributed by atoms with Crippen LogP contribution in [0.5, 0.6) is 0 Å². The van der Waals surface area contributed by atoms with E-state index in [1.54, 1.807) is 0 Å². The predicted molar refractivity (Wildman–Crippen MR) is 58.3 cm³/mol. The molecule has 0 aromatic rings. The molecule has 2 unspecified atom stereocenters. The summed E-state index contributed by atoms with van der Waals surface area (Å²) in [4.78, 5) is 14.0. The molecule has 0 aromatic carbocycles. The van der Waals surface area contributed by atoms with E-state index in [4.69, 9.17) is 0 Å². The molecule has 1 aliphatic heterocycles. The van der Waals surface area contributed by atoms with Crippen LogP contribution in [-0.4, -0.2) is 28.7 Å². The molecule has 2 atom stereocenters. The Bertz CT molecular complexity index is 274. The minimum Gasteiger partial charge on any atom is -0.341 e. The van der Waals surface area contributed by atoms with Crippen molar-refractivity contribution < 1.29 is 4.79 Å². The van der Waals surface area contributed by atoms with Gasteiger partial charge >= 0.3 is 0 Å². The number of hydrogen-bond acceptors (Lipinski definition) is 1. The molecule has 1 amide bonds. The third-order valence-electron chi connectivity index (χ3n) is 4.16. The number of rotatable bonds is 2. The Kier molecular flexibility index (Phi) is 1.95. The molecule has 0 aromatic heterocycles. The first-order valence-electron chi connectivity index (χ1n) is 5.64. The molecule has 0 N–H and O–H groups in total. The lowest BCUT2D eigenvalue weighted by molar-refractivity contribution is -0.132. The minimum absolute atomic E-state index is 0.102. The third kappa shape index (κ3) is 1.40. The maximum Gasteiger partial charge on any atom is 0.236 e. The summed E-state index contributed by atoms with van der Waals surface area (Å²) in [6, 6.07) is 0. The first-order valence-corrected chi connectivity index (χ1v) is 6.56. The molecule has 1 spiro atoms. The number of carbonyl (C=O) groups excluding carboxylic acids is 1. The van der Waals surface area contributed by atoms with Crippen LogP contribution in [-0.2, 0) is 4.79 Å². The number of carbonyl (C=O) groups is 1. The van der Waals surface area contributed by atoms with Gasteiger partial charge in [-0.15, -0.1) is 0 Å². The van der Waals surface area contributed by atoms with Gasteiger partial charge < -0.3 is 4.90 Å². The molecule has 3 aliphatic rings. The molecular weight excluding hydrogens is 242 g/mol. The quantitative estimate of drug-likeness (QED) is 0.695. The SMILES string of the molecule is O=C1C(Br)CCCN1CC1CC12CC2. The van der Waals surface area contributed by atoms with Crippen LogP contribution in [0.4, 0.5) is 0 Å². The van der Waals surface area contributed by atoms with Crippen molar-refractivity contribution in [1.82, 2.24) is 4.90 Å². The fourth-order valence-corrected chi connectivity index (χ4v) is 3.42. The van der Waals surface area contributed by atoms with Crippen LogP contribution in [0.25, 0.3) is 0 Å². The molecule has 1 heterocycles. The highest BCUT2D eigenvalue weighted by molar-refractivity contribution is 9.10. The Morgan fingerprint density at radius 1 is 1.50 bits per heavy atom. The molecule has 0 bridgehead atoms. The summed E-state index contributed by atoms with van der Waals surface area (Å²) >= 11 is 3.46. The lowest BCUT2D eigenvalue weighted by Gasteiger charge is -2.30. The van der Waals surface area contributed by atoms with Crippen LogP contribution in [0, 0.1) is 11.3 Å². The van der Waals surface area contributed by atoms with Crippen molar-refractivity contribution in [3.8, 4) is 0 Å². The van der Waals surface area contributed by atoms with Gasteiger partial charge in [0.1, 0.15) is 0 Å². The molecule has 78 valence electrons. The van der Waals surface area contributed by atoms with Gasteiger partial charge in [0, 0.05) is 13.1 Å². The van der Waals surface area contributed by atoms with Crippen LogP contribution < -0.4 is 0 Å².